The smallest absolute Gasteiger partial charge is 0.103 e. The van der Waals surface area contributed by atoms with Gasteiger partial charge in [0.05, 0.1) is 28.0 Å². The third kappa shape index (κ3) is 0.950. The zero-order valence-corrected chi connectivity index (χ0v) is 6.79. The third-order valence-corrected chi connectivity index (χ3v) is 1.70. The summed E-state index contributed by atoms with van der Waals surface area (Å²) in [5, 5.41) is 41.9. The molecule has 0 fully saturated rings. The number of hydrogen-bond acceptors (Lipinski definition) is 5. The van der Waals surface area contributed by atoms with Gasteiger partial charge in [-0.3, -0.25) is 5.41 Å². The van der Waals surface area contributed by atoms with E-state index in [1.807, 2.05) is 0 Å². The van der Waals surface area contributed by atoms with Crippen LogP contribution in [0.4, 0.5) is 0 Å². The topological polar surface area (TPSA) is 119 Å². The highest BCUT2D eigenvalue weighted by Gasteiger charge is 2.29. The number of rotatable bonds is 0. The van der Waals surface area contributed by atoms with Crippen LogP contribution < -0.4 is 0 Å². The first kappa shape index (κ1) is 9.20. The van der Waals surface area contributed by atoms with Crippen LogP contribution in [0.1, 0.15) is 0 Å². The van der Waals surface area contributed by atoms with Crippen molar-refractivity contribution < 1.29 is 0 Å². The minimum absolute atomic E-state index is 0.184. The van der Waals surface area contributed by atoms with Gasteiger partial charge in [-0.05, 0) is 0 Å². The van der Waals surface area contributed by atoms with Crippen LogP contribution in [0.5, 0.6) is 0 Å². The molecule has 1 aliphatic rings. The molecule has 0 bridgehead atoms. The summed E-state index contributed by atoms with van der Waals surface area (Å²) in [6, 6.07) is 6.55. The first-order valence-electron chi connectivity index (χ1n) is 3.39. The van der Waals surface area contributed by atoms with Gasteiger partial charge in [0, 0.05) is 0 Å². The van der Waals surface area contributed by atoms with Gasteiger partial charge in [-0.15, -0.1) is 0 Å². The second-order valence-corrected chi connectivity index (χ2v) is 2.32. The van der Waals surface area contributed by atoms with E-state index in [1.165, 1.54) is 0 Å². The molecule has 14 heavy (non-hydrogen) atoms. The molecule has 0 amide bonds. The Morgan fingerprint density at radius 2 is 0.929 bits per heavy atom. The van der Waals surface area contributed by atoms with E-state index in [2.05, 4.69) is 0 Å². The first-order valence-corrected chi connectivity index (χ1v) is 3.39. The van der Waals surface area contributed by atoms with E-state index in [0.29, 0.717) is 0 Å². The Morgan fingerprint density at radius 1 is 0.643 bits per heavy atom. The predicted octanol–water partition coefficient (Wildman–Crippen LogP) is 0.707. The Hall–Kier alpha value is -2.89. The number of nitrogens with zero attached hydrogens (tertiary/aromatic N) is 4. The van der Waals surface area contributed by atoms with Crippen LogP contribution in [0.25, 0.3) is 0 Å². The van der Waals surface area contributed by atoms with Crippen LogP contribution >= 0.6 is 0 Å². The van der Waals surface area contributed by atoms with E-state index < -0.39 is 0 Å². The van der Waals surface area contributed by atoms with Gasteiger partial charge in [-0.25, -0.2) is 0 Å². The maximum Gasteiger partial charge on any atom is 0.103 e. The van der Waals surface area contributed by atoms with E-state index in [0.717, 1.165) is 0 Å². The van der Waals surface area contributed by atoms with Gasteiger partial charge in [0.2, 0.25) is 0 Å². The fraction of sp³-hybridized carbons (Fsp3) is 0. The van der Waals surface area contributed by atoms with Gasteiger partial charge in [0.1, 0.15) is 24.3 Å². The number of hydrogen-bond donors (Lipinski definition) is 1. The zero-order chi connectivity index (χ0) is 10.7. The Kier molecular flexibility index (Phi) is 2.12. The molecular formula is C9HN5. The van der Waals surface area contributed by atoms with Crippen molar-refractivity contribution in [2.75, 3.05) is 0 Å². The van der Waals surface area contributed by atoms with E-state index in [1.54, 1.807) is 24.3 Å². The number of nitrogens with one attached hydrogen (secondary N) is 1. The maximum atomic E-state index is 8.65. The monoisotopic (exact) mass is 179 g/mol. The van der Waals surface area contributed by atoms with Crippen molar-refractivity contribution in [1.82, 2.24) is 0 Å². The molecule has 0 spiro atoms. The predicted molar refractivity (Wildman–Crippen MR) is 44.2 cm³/mol. The Bertz CT molecular complexity index is 498. The Balaban J connectivity index is 3.59. The van der Waals surface area contributed by atoms with E-state index in [-0.39, 0.29) is 28.0 Å². The van der Waals surface area contributed by atoms with Crippen molar-refractivity contribution in [1.29, 1.82) is 26.5 Å². The van der Waals surface area contributed by atoms with Crippen LogP contribution in [0.3, 0.4) is 0 Å². The molecule has 0 aromatic heterocycles. The fourth-order valence-corrected chi connectivity index (χ4v) is 1.07. The van der Waals surface area contributed by atoms with Crippen molar-refractivity contribution in [3.05, 3.63) is 22.3 Å². The minimum atomic E-state index is -0.344. The van der Waals surface area contributed by atoms with E-state index >= 15 is 0 Å². The lowest BCUT2D eigenvalue weighted by atomic mass is 10.1. The normalized spacial score (nSPS) is 14.4. The van der Waals surface area contributed by atoms with Crippen molar-refractivity contribution in [2.24, 2.45) is 0 Å². The SMILES string of the molecule is N#CC1=C(C#N)C(C#N)=C(C#N)C1=N. The van der Waals surface area contributed by atoms with E-state index in [4.69, 9.17) is 26.5 Å². The van der Waals surface area contributed by atoms with Crippen LogP contribution in [0.15, 0.2) is 22.3 Å². The molecule has 0 unspecified atom stereocenters. The van der Waals surface area contributed by atoms with Crippen LogP contribution in [0.2, 0.25) is 0 Å². The van der Waals surface area contributed by atoms with Crippen LogP contribution in [-0.4, -0.2) is 5.71 Å². The summed E-state index contributed by atoms with van der Waals surface area (Å²) in [5.41, 5.74) is -1.13. The molecule has 62 valence electrons. The summed E-state index contributed by atoms with van der Waals surface area (Å²) in [7, 11) is 0. The summed E-state index contributed by atoms with van der Waals surface area (Å²) in [6.07, 6.45) is 0. The summed E-state index contributed by atoms with van der Waals surface area (Å²) < 4.78 is 0. The molecule has 0 aliphatic heterocycles. The largest absolute Gasteiger partial charge is 0.298 e. The Morgan fingerprint density at radius 3 is 1.14 bits per heavy atom. The number of allylic oxidation sites excluding steroid dienone is 4. The molecule has 0 atom stereocenters. The molecule has 0 saturated carbocycles. The van der Waals surface area contributed by atoms with Crippen molar-refractivity contribution >= 4 is 5.71 Å². The zero-order valence-electron chi connectivity index (χ0n) is 6.79. The third-order valence-electron chi connectivity index (χ3n) is 1.70. The van der Waals surface area contributed by atoms with Crippen molar-refractivity contribution in [3.8, 4) is 24.3 Å². The van der Waals surface area contributed by atoms with Gasteiger partial charge < -0.3 is 0 Å². The first-order chi connectivity index (χ1) is 6.71. The van der Waals surface area contributed by atoms with Crippen molar-refractivity contribution in [3.63, 3.8) is 0 Å². The molecular weight excluding hydrogens is 178 g/mol. The van der Waals surface area contributed by atoms with E-state index in [9.17, 15) is 0 Å². The maximum absolute atomic E-state index is 8.65. The average Bonchev–Trinajstić information content (AvgIpc) is 2.48. The Labute approximate surface area is 79.5 Å². The summed E-state index contributed by atoms with van der Waals surface area (Å²) in [5.74, 6) is 0. The van der Waals surface area contributed by atoms with Crippen LogP contribution in [-0.2, 0) is 0 Å². The van der Waals surface area contributed by atoms with Gasteiger partial charge in [0.15, 0.2) is 0 Å². The van der Waals surface area contributed by atoms with Gasteiger partial charge >= 0.3 is 0 Å². The molecule has 0 aromatic carbocycles. The second-order valence-electron chi connectivity index (χ2n) is 2.32. The van der Waals surface area contributed by atoms with Gasteiger partial charge in [-0.2, -0.15) is 21.0 Å². The molecule has 0 saturated heterocycles. The molecule has 5 heteroatoms. The molecule has 0 radical (unpaired) electrons. The average molecular weight is 179 g/mol. The van der Waals surface area contributed by atoms with Crippen LogP contribution in [0, 0.1) is 50.7 Å². The highest BCUT2D eigenvalue weighted by Crippen LogP contribution is 2.28. The molecule has 0 aromatic rings. The highest BCUT2D eigenvalue weighted by atomic mass is 14.5. The highest BCUT2D eigenvalue weighted by molar-refractivity contribution is 6.21. The lowest BCUT2D eigenvalue weighted by Crippen LogP contribution is -1.97. The minimum Gasteiger partial charge on any atom is -0.298 e. The van der Waals surface area contributed by atoms with Crippen molar-refractivity contribution in [2.45, 2.75) is 0 Å². The molecule has 0 heterocycles. The molecule has 1 aliphatic carbocycles. The van der Waals surface area contributed by atoms with Gasteiger partial charge in [-0.1, -0.05) is 0 Å². The second kappa shape index (κ2) is 3.23. The fourth-order valence-electron chi connectivity index (χ4n) is 1.07. The lowest BCUT2D eigenvalue weighted by molar-refractivity contribution is 1.42. The molecule has 1 rings (SSSR count). The lowest BCUT2D eigenvalue weighted by Gasteiger charge is -1.88. The standard InChI is InChI=1S/C9HN5/c10-1-5-6(2-11)8(4-13)9(14)7(5)3-12/h14H. The number of nitriles is 4. The summed E-state index contributed by atoms with van der Waals surface area (Å²) in [6.45, 7) is 0. The summed E-state index contributed by atoms with van der Waals surface area (Å²) >= 11 is 0. The molecule has 1 N–H and O–H groups in total. The molecule has 5 nitrogen and oxygen atoms in total. The quantitative estimate of drug-likeness (QED) is 0.588. The summed E-state index contributed by atoms with van der Waals surface area (Å²) in [4.78, 5) is 0. The van der Waals surface area contributed by atoms with Gasteiger partial charge in [0.25, 0.3) is 0 Å².